The number of hydrogen-bond donors (Lipinski definition) is 1. The van der Waals surface area contributed by atoms with Gasteiger partial charge in [-0.05, 0) is 46.5 Å². The fraction of sp³-hybridized carbons (Fsp3) is 0.944. The van der Waals surface area contributed by atoms with Crippen molar-refractivity contribution >= 4 is 6.09 Å². The number of ether oxygens (including phenoxy) is 2. The molecule has 2 aliphatic rings. The number of hydrogen-bond acceptors (Lipinski definition) is 5. The number of amides is 1. The number of rotatable bonds is 0. The van der Waals surface area contributed by atoms with Crippen LogP contribution in [0, 0.1) is 5.41 Å². The number of aliphatic hydroxyl groups excluding tert-OH is 1. The predicted molar refractivity (Wildman–Crippen MR) is 92.7 cm³/mol. The van der Waals surface area contributed by atoms with Crippen molar-refractivity contribution in [3.63, 3.8) is 0 Å². The first kappa shape index (κ1) is 19.5. The van der Waals surface area contributed by atoms with Crippen molar-refractivity contribution < 1.29 is 19.4 Å². The van der Waals surface area contributed by atoms with Crippen molar-refractivity contribution in [2.24, 2.45) is 5.41 Å². The second-order valence-corrected chi connectivity index (χ2v) is 9.43. The molecule has 0 aromatic carbocycles. The highest BCUT2D eigenvalue weighted by molar-refractivity contribution is 5.68. The van der Waals surface area contributed by atoms with Crippen molar-refractivity contribution in [2.45, 2.75) is 78.4 Å². The monoisotopic (exact) mass is 342 g/mol. The molecule has 2 saturated heterocycles. The molecule has 2 rings (SSSR count). The summed E-state index contributed by atoms with van der Waals surface area (Å²) < 4.78 is 11.3. The van der Waals surface area contributed by atoms with Crippen LogP contribution in [0.15, 0.2) is 0 Å². The Morgan fingerprint density at radius 3 is 2.38 bits per heavy atom. The standard InChI is InChI=1S/C18H34N2O4/c1-16(2,3)24-15(22)20-9-8-19-11-14(21)23-18(6,7)12-17(4,5)13(19)10-20/h13-14,21H,8-12H2,1-7H3. The second kappa shape index (κ2) is 6.46. The molecule has 0 aromatic rings. The lowest BCUT2D eigenvalue weighted by Crippen LogP contribution is -2.63. The summed E-state index contributed by atoms with van der Waals surface area (Å²) in [5, 5.41) is 10.2. The van der Waals surface area contributed by atoms with Gasteiger partial charge < -0.3 is 19.5 Å². The van der Waals surface area contributed by atoms with Crippen molar-refractivity contribution in [2.75, 3.05) is 26.2 Å². The molecule has 0 saturated carbocycles. The van der Waals surface area contributed by atoms with Gasteiger partial charge in [-0.1, -0.05) is 13.8 Å². The lowest BCUT2D eigenvalue weighted by atomic mass is 9.74. The zero-order chi connectivity index (χ0) is 18.3. The minimum atomic E-state index is -0.799. The lowest BCUT2D eigenvalue weighted by Gasteiger charge is -2.52. The van der Waals surface area contributed by atoms with Gasteiger partial charge >= 0.3 is 6.09 Å². The molecule has 2 unspecified atom stereocenters. The molecule has 2 atom stereocenters. The van der Waals surface area contributed by atoms with E-state index in [9.17, 15) is 9.90 Å². The first-order valence-corrected chi connectivity index (χ1v) is 8.87. The van der Waals surface area contributed by atoms with Crippen LogP contribution in [0.1, 0.15) is 54.9 Å². The van der Waals surface area contributed by atoms with Gasteiger partial charge in [0.2, 0.25) is 0 Å². The van der Waals surface area contributed by atoms with Crippen LogP contribution < -0.4 is 0 Å². The van der Waals surface area contributed by atoms with Crippen LogP contribution in [-0.4, -0.2) is 70.7 Å². The Balaban J connectivity index is 2.17. The van der Waals surface area contributed by atoms with Crippen molar-refractivity contribution in [3.05, 3.63) is 0 Å². The Hall–Kier alpha value is -0.850. The van der Waals surface area contributed by atoms with Gasteiger partial charge in [-0.15, -0.1) is 0 Å². The maximum absolute atomic E-state index is 12.5. The normalized spacial score (nSPS) is 30.9. The van der Waals surface area contributed by atoms with E-state index in [1.54, 1.807) is 4.90 Å². The highest BCUT2D eigenvalue weighted by atomic mass is 16.6. The highest BCUT2D eigenvalue weighted by Gasteiger charge is 2.46. The quantitative estimate of drug-likeness (QED) is 0.733. The molecule has 24 heavy (non-hydrogen) atoms. The number of nitrogens with zero attached hydrogens (tertiary/aromatic N) is 2. The van der Waals surface area contributed by atoms with Crippen LogP contribution in [0.2, 0.25) is 0 Å². The van der Waals surface area contributed by atoms with E-state index < -0.39 is 17.5 Å². The molecule has 6 nitrogen and oxygen atoms in total. The van der Waals surface area contributed by atoms with Crippen LogP contribution in [0.3, 0.4) is 0 Å². The van der Waals surface area contributed by atoms with Gasteiger partial charge in [-0.2, -0.15) is 0 Å². The van der Waals surface area contributed by atoms with Crippen molar-refractivity contribution in [3.8, 4) is 0 Å². The summed E-state index contributed by atoms with van der Waals surface area (Å²) in [6.07, 6.45) is -0.247. The van der Waals surface area contributed by atoms with Gasteiger partial charge in [-0.25, -0.2) is 4.79 Å². The summed E-state index contributed by atoms with van der Waals surface area (Å²) in [6, 6.07) is 0.164. The molecule has 0 bridgehead atoms. The molecular weight excluding hydrogens is 308 g/mol. The number of carbonyl (C=O) groups excluding carboxylic acids is 1. The largest absolute Gasteiger partial charge is 0.444 e. The molecule has 140 valence electrons. The minimum absolute atomic E-state index is 0.0513. The summed E-state index contributed by atoms with van der Waals surface area (Å²) in [6.45, 7) is 16.5. The molecule has 0 spiro atoms. The third-order valence-electron chi connectivity index (χ3n) is 4.77. The van der Waals surface area contributed by atoms with Crippen LogP contribution in [0.25, 0.3) is 0 Å². The zero-order valence-corrected chi connectivity index (χ0v) is 16.3. The second-order valence-electron chi connectivity index (χ2n) is 9.43. The molecule has 6 heteroatoms. The molecule has 2 aliphatic heterocycles. The molecule has 0 radical (unpaired) electrons. The van der Waals surface area contributed by atoms with Crippen LogP contribution in [0.5, 0.6) is 0 Å². The van der Waals surface area contributed by atoms with E-state index in [0.29, 0.717) is 26.2 Å². The average Bonchev–Trinajstić information content (AvgIpc) is 2.33. The first-order valence-electron chi connectivity index (χ1n) is 8.87. The number of aliphatic hydroxyl groups is 1. The predicted octanol–water partition coefficient (Wildman–Crippen LogP) is 2.45. The van der Waals surface area contributed by atoms with Crippen LogP contribution >= 0.6 is 0 Å². The Morgan fingerprint density at radius 2 is 1.79 bits per heavy atom. The Morgan fingerprint density at radius 1 is 1.17 bits per heavy atom. The van der Waals surface area contributed by atoms with E-state index in [-0.39, 0.29) is 17.6 Å². The minimum Gasteiger partial charge on any atom is -0.444 e. The number of carbonyl (C=O) groups is 1. The van der Waals surface area contributed by atoms with Crippen molar-refractivity contribution in [1.82, 2.24) is 9.80 Å². The lowest BCUT2D eigenvalue weighted by molar-refractivity contribution is -0.216. The fourth-order valence-electron chi connectivity index (χ4n) is 4.14. The summed E-state index contributed by atoms with van der Waals surface area (Å²) in [4.78, 5) is 16.5. The molecule has 1 amide bonds. The zero-order valence-electron chi connectivity index (χ0n) is 16.3. The van der Waals surface area contributed by atoms with E-state index >= 15 is 0 Å². The third-order valence-corrected chi connectivity index (χ3v) is 4.77. The smallest absolute Gasteiger partial charge is 0.410 e. The maximum Gasteiger partial charge on any atom is 0.410 e. The molecule has 2 fully saturated rings. The van der Waals surface area contributed by atoms with Gasteiger partial charge in [0.05, 0.1) is 5.60 Å². The van der Waals surface area contributed by atoms with E-state index in [4.69, 9.17) is 9.47 Å². The Kier molecular flexibility index (Phi) is 5.25. The first-order chi connectivity index (χ1) is 10.8. The third kappa shape index (κ3) is 4.83. The van der Waals surface area contributed by atoms with E-state index in [1.807, 2.05) is 34.6 Å². The van der Waals surface area contributed by atoms with Crippen molar-refractivity contribution in [1.29, 1.82) is 0 Å². The topological polar surface area (TPSA) is 62.2 Å². The van der Waals surface area contributed by atoms with E-state index in [2.05, 4.69) is 18.7 Å². The van der Waals surface area contributed by atoms with Gasteiger partial charge in [0.25, 0.3) is 0 Å². The van der Waals surface area contributed by atoms with Crippen LogP contribution in [-0.2, 0) is 9.47 Å². The van der Waals surface area contributed by atoms with Gasteiger partial charge in [0.1, 0.15) is 5.60 Å². The molecule has 0 aromatic heterocycles. The maximum atomic E-state index is 12.5. The average molecular weight is 342 g/mol. The molecule has 0 aliphatic carbocycles. The SMILES string of the molecule is CC(C)(C)OC(=O)N1CCN2CC(O)OC(C)(C)CC(C)(C)C2C1. The molecular formula is C18H34N2O4. The van der Waals surface area contributed by atoms with E-state index in [0.717, 1.165) is 6.42 Å². The molecule has 1 N–H and O–H groups in total. The van der Waals surface area contributed by atoms with Gasteiger partial charge in [-0.3, -0.25) is 4.90 Å². The highest BCUT2D eigenvalue weighted by Crippen LogP contribution is 2.39. The summed E-state index contributed by atoms with van der Waals surface area (Å²) >= 11 is 0. The fourth-order valence-corrected chi connectivity index (χ4v) is 4.14. The Labute approximate surface area is 146 Å². The summed E-state index contributed by atoms with van der Waals surface area (Å²) in [5.41, 5.74) is -0.940. The summed E-state index contributed by atoms with van der Waals surface area (Å²) in [7, 11) is 0. The van der Waals surface area contributed by atoms with Gasteiger partial charge in [0.15, 0.2) is 6.29 Å². The number of piperazine rings is 1. The number of fused-ring (bicyclic) bond motifs is 1. The van der Waals surface area contributed by atoms with Crippen LogP contribution in [0.4, 0.5) is 4.79 Å². The molecule has 2 heterocycles. The Bertz CT molecular complexity index is 470. The summed E-state index contributed by atoms with van der Waals surface area (Å²) in [5.74, 6) is 0. The van der Waals surface area contributed by atoms with E-state index in [1.165, 1.54) is 0 Å². The van der Waals surface area contributed by atoms with Gasteiger partial charge in [0, 0.05) is 32.2 Å².